The van der Waals surface area contributed by atoms with Crippen LogP contribution in [0.5, 0.6) is 0 Å². The maximum atomic E-state index is 11.7. The number of nitrogens with one attached hydrogen (secondary N) is 1. The zero-order valence-corrected chi connectivity index (χ0v) is 13.1. The van der Waals surface area contributed by atoms with Crippen molar-refractivity contribution in [3.05, 3.63) is 57.2 Å². The molecule has 2 N–H and O–H groups in total. The van der Waals surface area contributed by atoms with Gasteiger partial charge in [-0.3, -0.25) is 0 Å². The van der Waals surface area contributed by atoms with Crippen LogP contribution >= 0.6 is 22.9 Å². The number of ether oxygens (including phenoxy) is 1. The van der Waals surface area contributed by atoms with Crippen LogP contribution < -0.4 is 5.32 Å². The Morgan fingerprint density at radius 2 is 2.05 bits per heavy atom. The molecule has 1 heterocycles. The zero-order chi connectivity index (χ0) is 15.9. The Kier molecular flexibility index (Phi) is 5.80. The summed E-state index contributed by atoms with van der Waals surface area (Å²) in [7, 11) is 0. The molecule has 0 fully saturated rings. The molecule has 22 heavy (non-hydrogen) atoms. The van der Waals surface area contributed by atoms with E-state index < -0.39 is 18.1 Å². The molecule has 116 valence electrons. The number of amides is 1. The van der Waals surface area contributed by atoms with Crippen molar-refractivity contribution in [3.8, 4) is 0 Å². The Morgan fingerprint density at radius 3 is 2.64 bits per heavy atom. The second kappa shape index (κ2) is 7.82. The molecule has 0 spiro atoms. The standard InChI is InChI=1S/C15H14ClNO4S/c16-11-6-12(22-9-11)7-13(14(18)19)17-15(20)21-8-10-4-2-1-3-5-10/h1-6,9,13H,7-8H2,(H,17,20)(H,18,19). The van der Waals surface area contributed by atoms with E-state index >= 15 is 0 Å². The van der Waals surface area contributed by atoms with Crippen molar-refractivity contribution in [2.75, 3.05) is 0 Å². The molecule has 1 aromatic heterocycles. The van der Waals surface area contributed by atoms with Crippen molar-refractivity contribution in [1.82, 2.24) is 5.32 Å². The Labute approximate surface area is 136 Å². The molecule has 5 nitrogen and oxygen atoms in total. The van der Waals surface area contributed by atoms with Crippen molar-refractivity contribution >= 4 is 35.0 Å². The van der Waals surface area contributed by atoms with Crippen LogP contribution in [0.15, 0.2) is 41.8 Å². The van der Waals surface area contributed by atoms with E-state index in [2.05, 4.69) is 5.32 Å². The molecule has 0 bridgehead atoms. The summed E-state index contributed by atoms with van der Waals surface area (Å²) in [6.45, 7) is 0.0871. The molecule has 7 heteroatoms. The molecule has 2 aromatic rings. The van der Waals surface area contributed by atoms with E-state index in [0.29, 0.717) is 5.02 Å². The highest BCUT2D eigenvalue weighted by molar-refractivity contribution is 7.10. The van der Waals surface area contributed by atoms with Crippen LogP contribution in [0.3, 0.4) is 0 Å². The third kappa shape index (κ3) is 5.05. The largest absolute Gasteiger partial charge is 0.480 e. The van der Waals surface area contributed by atoms with Gasteiger partial charge in [-0.05, 0) is 11.6 Å². The fraction of sp³-hybridized carbons (Fsp3) is 0.200. The van der Waals surface area contributed by atoms with E-state index in [0.717, 1.165) is 10.4 Å². The summed E-state index contributed by atoms with van der Waals surface area (Å²) in [4.78, 5) is 23.7. The van der Waals surface area contributed by atoms with Gasteiger partial charge in [0.25, 0.3) is 0 Å². The Hall–Kier alpha value is -2.05. The van der Waals surface area contributed by atoms with Crippen molar-refractivity contribution in [3.63, 3.8) is 0 Å². The van der Waals surface area contributed by atoms with E-state index in [1.807, 2.05) is 30.3 Å². The maximum Gasteiger partial charge on any atom is 0.408 e. The monoisotopic (exact) mass is 339 g/mol. The molecular formula is C15H14ClNO4S. The lowest BCUT2D eigenvalue weighted by Crippen LogP contribution is -2.42. The number of hydrogen-bond donors (Lipinski definition) is 2. The maximum absolute atomic E-state index is 11.7. The van der Waals surface area contributed by atoms with Gasteiger partial charge in [-0.1, -0.05) is 41.9 Å². The molecule has 1 unspecified atom stereocenters. The number of halogens is 1. The van der Waals surface area contributed by atoms with Gasteiger partial charge in [0, 0.05) is 16.7 Å². The van der Waals surface area contributed by atoms with Crippen molar-refractivity contribution in [2.24, 2.45) is 0 Å². The van der Waals surface area contributed by atoms with Gasteiger partial charge in [0.15, 0.2) is 0 Å². The second-order valence-corrected chi connectivity index (χ2v) is 5.96. The fourth-order valence-electron chi connectivity index (χ4n) is 1.77. The average molecular weight is 340 g/mol. The number of carboxylic acids is 1. The smallest absolute Gasteiger partial charge is 0.408 e. The van der Waals surface area contributed by atoms with E-state index in [-0.39, 0.29) is 13.0 Å². The number of benzene rings is 1. The van der Waals surface area contributed by atoms with Gasteiger partial charge in [0.05, 0.1) is 5.02 Å². The number of aliphatic carboxylic acids is 1. The summed E-state index contributed by atoms with van der Waals surface area (Å²) < 4.78 is 5.02. The Balaban J connectivity index is 1.87. The number of carbonyl (C=O) groups is 2. The molecule has 1 atom stereocenters. The van der Waals surface area contributed by atoms with E-state index in [1.54, 1.807) is 11.4 Å². The van der Waals surface area contributed by atoms with E-state index in [1.165, 1.54) is 11.3 Å². The minimum absolute atomic E-state index is 0.0871. The van der Waals surface area contributed by atoms with Crippen molar-refractivity contribution < 1.29 is 19.4 Å². The van der Waals surface area contributed by atoms with Crippen molar-refractivity contribution in [1.29, 1.82) is 0 Å². The van der Waals surface area contributed by atoms with Crippen LogP contribution in [0, 0.1) is 0 Å². The lowest BCUT2D eigenvalue weighted by atomic mass is 10.2. The van der Waals surface area contributed by atoms with Crippen molar-refractivity contribution in [2.45, 2.75) is 19.1 Å². The summed E-state index contributed by atoms with van der Waals surface area (Å²) in [6, 6.07) is 9.77. The highest BCUT2D eigenvalue weighted by atomic mass is 35.5. The van der Waals surface area contributed by atoms with Crippen LogP contribution in [-0.4, -0.2) is 23.2 Å². The van der Waals surface area contributed by atoms with Gasteiger partial charge in [-0.25, -0.2) is 9.59 Å². The van der Waals surface area contributed by atoms with E-state index in [4.69, 9.17) is 16.3 Å². The number of thiophene rings is 1. The molecule has 0 aliphatic carbocycles. The second-order valence-electron chi connectivity index (χ2n) is 4.53. The summed E-state index contributed by atoms with van der Waals surface area (Å²) in [5.41, 5.74) is 0.828. The van der Waals surface area contributed by atoms with Gasteiger partial charge >= 0.3 is 12.1 Å². The van der Waals surface area contributed by atoms with Gasteiger partial charge in [-0.2, -0.15) is 0 Å². The first kappa shape index (κ1) is 16.3. The minimum Gasteiger partial charge on any atom is -0.480 e. The Bertz CT molecular complexity index is 644. The molecule has 0 saturated carbocycles. The number of hydrogen-bond acceptors (Lipinski definition) is 4. The molecule has 1 aromatic carbocycles. The first-order chi connectivity index (χ1) is 10.5. The molecule has 0 aliphatic rings. The molecular weight excluding hydrogens is 326 g/mol. The lowest BCUT2D eigenvalue weighted by molar-refractivity contribution is -0.139. The number of rotatable bonds is 6. The summed E-state index contributed by atoms with van der Waals surface area (Å²) in [5, 5.41) is 13.8. The quantitative estimate of drug-likeness (QED) is 0.846. The van der Waals surface area contributed by atoms with Crippen LogP contribution in [0.25, 0.3) is 0 Å². The van der Waals surface area contributed by atoms with Gasteiger partial charge in [0.2, 0.25) is 0 Å². The highest BCUT2D eigenvalue weighted by Crippen LogP contribution is 2.20. The third-order valence-corrected chi connectivity index (χ3v) is 4.14. The molecule has 0 saturated heterocycles. The predicted octanol–water partition coefficient (Wildman–Crippen LogP) is 3.32. The molecule has 0 aliphatic heterocycles. The van der Waals surface area contributed by atoms with Crippen LogP contribution in [0.4, 0.5) is 4.79 Å². The minimum atomic E-state index is -1.12. The number of alkyl carbamates (subject to hydrolysis) is 1. The summed E-state index contributed by atoms with van der Waals surface area (Å²) in [5.74, 6) is -1.12. The topological polar surface area (TPSA) is 75.6 Å². The van der Waals surface area contributed by atoms with Gasteiger partial charge in [0.1, 0.15) is 12.6 Å². The summed E-state index contributed by atoms with van der Waals surface area (Å²) >= 11 is 7.14. The van der Waals surface area contributed by atoms with E-state index in [9.17, 15) is 14.7 Å². The van der Waals surface area contributed by atoms with Gasteiger partial charge < -0.3 is 15.2 Å². The Morgan fingerprint density at radius 1 is 1.32 bits per heavy atom. The first-order valence-electron chi connectivity index (χ1n) is 6.47. The lowest BCUT2D eigenvalue weighted by Gasteiger charge is -2.13. The predicted molar refractivity (Wildman–Crippen MR) is 84.2 cm³/mol. The number of carbonyl (C=O) groups excluding carboxylic acids is 1. The normalized spacial score (nSPS) is 11.7. The van der Waals surface area contributed by atoms with Crippen LogP contribution in [-0.2, 0) is 22.6 Å². The average Bonchev–Trinajstić information content (AvgIpc) is 2.91. The zero-order valence-electron chi connectivity index (χ0n) is 11.5. The molecule has 1 amide bonds. The van der Waals surface area contributed by atoms with Crippen LogP contribution in [0.1, 0.15) is 10.4 Å². The fourth-order valence-corrected chi connectivity index (χ4v) is 2.89. The molecule has 2 rings (SSSR count). The molecule has 0 radical (unpaired) electrons. The first-order valence-corrected chi connectivity index (χ1v) is 7.73. The van der Waals surface area contributed by atoms with Gasteiger partial charge in [-0.15, -0.1) is 11.3 Å². The SMILES string of the molecule is O=C(NC(Cc1cc(Cl)cs1)C(=O)O)OCc1ccccc1. The highest BCUT2D eigenvalue weighted by Gasteiger charge is 2.22. The van der Waals surface area contributed by atoms with Crippen LogP contribution in [0.2, 0.25) is 5.02 Å². The number of carboxylic acid groups (broad SMARTS) is 1. The third-order valence-electron chi connectivity index (χ3n) is 2.83. The summed E-state index contributed by atoms with van der Waals surface area (Å²) in [6.07, 6.45) is -0.605.